The number of hydrogen-bond donors (Lipinski definition) is 2. The first-order chi connectivity index (χ1) is 13.5. The van der Waals surface area contributed by atoms with Gasteiger partial charge in [0.05, 0.1) is 11.3 Å². The molecule has 0 unspecified atom stereocenters. The molecular weight excluding hydrogens is 348 g/mol. The molecule has 0 atom stereocenters. The lowest BCUT2D eigenvalue weighted by molar-refractivity contribution is 0.0972. The summed E-state index contributed by atoms with van der Waals surface area (Å²) in [6.45, 7) is 6.20. The number of anilines is 4. The van der Waals surface area contributed by atoms with Gasteiger partial charge in [0.1, 0.15) is 5.82 Å². The molecule has 2 aromatic carbocycles. The van der Waals surface area contributed by atoms with Crippen molar-refractivity contribution in [3.63, 3.8) is 0 Å². The fraction of sp³-hybridized carbons (Fsp3) is 0.261. The van der Waals surface area contributed by atoms with E-state index in [9.17, 15) is 4.79 Å². The maximum atomic E-state index is 12.6. The molecule has 3 aromatic rings. The molecule has 0 spiro atoms. The summed E-state index contributed by atoms with van der Waals surface area (Å²) in [4.78, 5) is 21.9. The van der Waals surface area contributed by atoms with E-state index in [0.29, 0.717) is 23.8 Å². The number of fused-ring (bicyclic) bond motifs is 1. The van der Waals surface area contributed by atoms with Gasteiger partial charge in [0, 0.05) is 17.8 Å². The normalized spacial score (nSPS) is 13.2. The summed E-state index contributed by atoms with van der Waals surface area (Å²) in [6.07, 6.45) is 2.16. The SMILES string of the molecule is Cc1cccc(Nc2nc3c(c(Nc4ccc(C)c(C)c4)n2)C(=O)CCC3)c1. The van der Waals surface area contributed by atoms with Gasteiger partial charge in [0.15, 0.2) is 5.78 Å². The van der Waals surface area contributed by atoms with Crippen molar-refractivity contribution in [2.24, 2.45) is 0 Å². The van der Waals surface area contributed by atoms with Crippen LogP contribution in [-0.4, -0.2) is 15.8 Å². The van der Waals surface area contributed by atoms with Crippen LogP contribution in [0.1, 0.15) is 45.6 Å². The monoisotopic (exact) mass is 372 g/mol. The summed E-state index contributed by atoms with van der Waals surface area (Å²) in [5, 5.41) is 6.64. The number of Topliss-reactive ketones (excluding diaryl/α,β-unsaturated/α-hetero) is 1. The standard InChI is InChI=1S/C23H24N4O/c1-14-6-4-7-17(12-14)25-23-26-19-8-5-9-20(28)21(19)22(27-23)24-18-11-10-15(2)16(3)13-18/h4,6-7,10-13H,5,8-9H2,1-3H3,(H2,24,25,26,27). The zero-order valence-corrected chi connectivity index (χ0v) is 16.5. The molecule has 0 saturated heterocycles. The number of aromatic nitrogens is 2. The molecule has 1 aliphatic carbocycles. The number of nitrogens with one attached hydrogen (secondary N) is 2. The Labute approximate surface area is 165 Å². The first-order valence-electron chi connectivity index (χ1n) is 9.62. The Kier molecular flexibility index (Phi) is 4.82. The Morgan fingerprint density at radius 3 is 2.46 bits per heavy atom. The van der Waals surface area contributed by atoms with E-state index < -0.39 is 0 Å². The highest BCUT2D eigenvalue weighted by Crippen LogP contribution is 2.30. The molecule has 2 N–H and O–H groups in total. The Balaban J connectivity index is 1.74. The lowest BCUT2D eigenvalue weighted by Crippen LogP contribution is -2.18. The molecular formula is C23H24N4O. The van der Waals surface area contributed by atoms with Crippen LogP contribution in [0, 0.1) is 20.8 Å². The lowest BCUT2D eigenvalue weighted by Gasteiger charge is -2.19. The van der Waals surface area contributed by atoms with Gasteiger partial charge < -0.3 is 10.6 Å². The van der Waals surface area contributed by atoms with Gasteiger partial charge in [0.2, 0.25) is 5.95 Å². The van der Waals surface area contributed by atoms with E-state index in [1.54, 1.807) is 0 Å². The van der Waals surface area contributed by atoms with Crippen molar-refractivity contribution in [2.75, 3.05) is 10.6 Å². The summed E-state index contributed by atoms with van der Waals surface area (Å²) < 4.78 is 0. The maximum Gasteiger partial charge on any atom is 0.229 e. The fourth-order valence-corrected chi connectivity index (χ4v) is 3.48. The number of benzene rings is 2. The summed E-state index contributed by atoms with van der Waals surface area (Å²) in [5.41, 5.74) is 6.87. The quantitative estimate of drug-likeness (QED) is 0.641. The molecule has 0 aliphatic heterocycles. The first kappa shape index (κ1) is 18.2. The van der Waals surface area contributed by atoms with Gasteiger partial charge in [-0.2, -0.15) is 4.98 Å². The lowest BCUT2D eigenvalue weighted by atomic mass is 9.95. The van der Waals surface area contributed by atoms with Crippen LogP contribution in [0.3, 0.4) is 0 Å². The van der Waals surface area contributed by atoms with Crippen LogP contribution < -0.4 is 10.6 Å². The highest BCUT2D eigenvalue weighted by Gasteiger charge is 2.24. The van der Waals surface area contributed by atoms with Gasteiger partial charge >= 0.3 is 0 Å². The molecule has 1 heterocycles. The topological polar surface area (TPSA) is 66.9 Å². The summed E-state index contributed by atoms with van der Waals surface area (Å²) in [5.74, 6) is 1.19. The predicted octanol–water partition coefficient (Wildman–Crippen LogP) is 5.41. The number of hydrogen-bond acceptors (Lipinski definition) is 5. The average Bonchev–Trinajstić information content (AvgIpc) is 2.65. The van der Waals surface area contributed by atoms with E-state index >= 15 is 0 Å². The Hall–Kier alpha value is -3.21. The number of carbonyl (C=O) groups excluding carboxylic acids is 1. The van der Waals surface area contributed by atoms with E-state index in [0.717, 1.165) is 35.5 Å². The smallest absolute Gasteiger partial charge is 0.229 e. The third-order valence-corrected chi connectivity index (χ3v) is 5.12. The predicted molar refractivity (Wildman–Crippen MR) is 113 cm³/mol. The summed E-state index contributed by atoms with van der Waals surface area (Å²) >= 11 is 0. The second-order valence-electron chi connectivity index (χ2n) is 7.41. The van der Waals surface area contributed by atoms with Crippen molar-refractivity contribution >= 4 is 28.9 Å². The minimum absolute atomic E-state index is 0.106. The van der Waals surface area contributed by atoms with Crippen LogP contribution in [0.25, 0.3) is 0 Å². The highest BCUT2D eigenvalue weighted by atomic mass is 16.1. The highest BCUT2D eigenvalue weighted by molar-refractivity contribution is 6.03. The van der Waals surface area contributed by atoms with Crippen molar-refractivity contribution in [2.45, 2.75) is 40.0 Å². The number of ketones is 1. The second-order valence-corrected chi connectivity index (χ2v) is 7.41. The summed E-state index contributed by atoms with van der Waals surface area (Å²) in [7, 11) is 0. The van der Waals surface area contributed by atoms with Gasteiger partial charge in [0.25, 0.3) is 0 Å². The second kappa shape index (κ2) is 7.43. The Morgan fingerprint density at radius 1 is 0.857 bits per heavy atom. The number of aryl methyl sites for hydroxylation is 4. The Morgan fingerprint density at radius 2 is 1.68 bits per heavy atom. The number of nitrogens with zero attached hydrogens (tertiary/aromatic N) is 2. The molecule has 28 heavy (non-hydrogen) atoms. The minimum Gasteiger partial charge on any atom is -0.339 e. The van der Waals surface area contributed by atoms with E-state index in [1.165, 1.54) is 11.1 Å². The molecule has 0 saturated carbocycles. The van der Waals surface area contributed by atoms with Crippen LogP contribution in [0.15, 0.2) is 42.5 Å². The largest absolute Gasteiger partial charge is 0.339 e. The molecule has 1 aromatic heterocycles. The zero-order valence-electron chi connectivity index (χ0n) is 16.5. The zero-order chi connectivity index (χ0) is 19.7. The van der Waals surface area contributed by atoms with Crippen LogP contribution in [-0.2, 0) is 6.42 Å². The van der Waals surface area contributed by atoms with Gasteiger partial charge in [-0.05, 0) is 74.6 Å². The molecule has 5 nitrogen and oxygen atoms in total. The molecule has 0 radical (unpaired) electrons. The molecule has 5 heteroatoms. The minimum atomic E-state index is 0.106. The van der Waals surface area contributed by atoms with Crippen molar-refractivity contribution in [1.82, 2.24) is 9.97 Å². The third kappa shape index (κ3) is 3.74. The van der Waals surface area contributed by atoms with Crippen molar-refractivity contribution in [3.05, 3.63) is 70.4 Å². The van der Waals surface area contributed by atoms with Crippen molar-refractivity contribution < 1.29 is 4.79 Å². The Bertz CT molecular complexity index is 1060. The molecule has 0 amide bonds. The van der Waals surface area contributed by atoms with Gasteiger partial charge in [-0.25, -0.2) is 4.98 Å². The molecule has 0 bridgehead atoms. The average molecular weight is 372 g/mol. The first-order valence-corrected chi connectivity index (χ1v) is 9.62. The van der Waals surface area contributed by atoms with Crippen LogP contribution in [0.4, 0.5) is 23.1 Å². The molecule has 1 aliphatic rings. The van der Waals surface area contributed by atoms with E-state index in [1.807, 2.05) is 37.3 Å². The van der Waals surface area contributed by atoms with Crippen LogP contribution in [0.5, 0.6) is 0 Å². The van der Waals surface area contributed by atoms with E-state index in [2.05, 4.69) is 46.6 Å². The van der Waals surface area contributed by atoms with Crippen molar-refractivity contribution in [1.29, 1.82) is 0 Å². The fourth-order valence-electron chi connectivity index (χ4n) is 3.48. The van der Waals surface area contributed by atoms with Crippen LogP contribution >= 0.6 is 0 Å². The van der Waals surface area contributed by atoms with E-state index in [-0.39, 0.29) is 5.78 Å². The van der Waals surface area contributed by atoms with Gasteiger partial charge in [-0.3, -0.25) is 4.79 Å². The van der Waals surface area contributed by atoms with E-state index in [4.69, 9.17) is 0 Å². The number of carbonyl (C=O) groups is 1. The molecule has 0 fully saturated rings. The van der Waals surface area contributed by atoms with Gasteiger partial charge in [-0.1, -0.05) is 18.2 Å². The van der Waals surface area contributed by atoms with Gasteiger partial charge in [-0.15, -0.1) is 0 Å². The maximum absolute atomic E-state index is 12.6. The molecule has 142 valence electrons. The van der Waals surface area contributed by atoms with Crippen molar-refractivity contribution in [3.8, 4) is 0 Å². The molecule has 4 rings (SSSR count). The van der Waals surface area contributed by atoms with Crippen LogP contribution in [0.2, 0.25) is 0 Å². The summed E-state index contributed by atoms with van der Waals surface area (Å²) in [6, 6.07) is 14.2. The number of rotatable bonds is 4. The third-order valence-electron chi connectivity index (χ3n) is 5.12.